The van der Waals surface area contributed by atoms with Gasteiger partial charge in [-0.15, -0.1) is 12.4 Å². The third kappa shape index (κ3) is 4.27. The van der Waals surface area contributed by atoms with Crippen LogP contribution in [0.2, 0.25) is 0 Å². The highest BCUT2D eigenvalue weighted by Crippen LogP contribution is 2.20. The summed E-state index contributed by atoms with van der Waals surface area (Å²) in [6.45, 7) is 2.17. The summed E-state index contributed by atoms with van der Waals surface area (Å²) in [5.41, 5.74) is 5.64. The van der Waals surface area contributed by atoms with Gasteiger partial charge in [-0.25, -0.2) is 4.39 Å². The van der Waals surface area contributed by atoms with Crippen molar-refractivity contribution < 1.29 is 18.3 Å². The van der Waals surface area contributed by atoms with Crippen molar-refractivity contribution in [1.29, 1.82) is 0 Å². The van der Waals surface area contributed by atoms with E-state index in [0.29, 0.717) is 42.8 Å². The van der Waals surface area contributed by atoms with Crippen molar-refractivity contribution in [3.05, 3.63) is 53.7 Å². The van der Waals surface area contributed by atoms with Crippen LogP contribution in [0.3, 0.4) is 0 Å². The van der Waals surface area contributed by atoms with Gasteiger partial charge in [0.25, 0.3) is 5.91 Å². The van der Waals surface area contributed by atoms with E-state index < -0.39 is 0 Å². The summed E-state index contributed by atoms with van der Waals surface area (Å²) in [4.78, 5) is 14.1. The first kappa shape index (κ1) is 18.3. The summed E-state index contributed by atoms with van der Waals surface area (Å²) in [6, 6.07) is 9.11. The quantitative estimate of drug-likeness (QED) is 0.896. The monoisotopic (exact) mass is 354 g/mol. The predicted octanol–water partition coefficient (Wildman–Crippen LogP) is 2.84. The lowest BCUT2D eigenvalue weighted by molar-refractivity contribution is 0.0752. The van der Waals surface area contributed by atoms with Crippen molar-refractivity contribution in [3.63, 3.8) is 0 Å². The molecule has 1 fully saturated rings. The number of hydrogen-bond donors (Lipinski definition) is 1. The lowest BCUT2D eigenvalue weighted by atomic mass is 10.1. The van der Waals surface area contributed by atoms with Gasteiger partial charge < -0.3 is 19.8 Å². The smallest absolute Gasteiger partial charge is 0.289 e. The van der Waals surface area contributed by atoms with Gasteiger partial charge in [0.05, 0.1) is 0 Å². The first-order valence-corrected chi connectivity index (χ1v) is 7.62. The second-order valence-electron chi connectivity index (χ2n) is 5.65. The second-order valence-corrected chi connectivity index (χ2v) is 5.65. The van der Waals surface area contributed by atoms with Crippen molar-refractivity contribution in [3.8, 4) is 5.75 Å². The Bertz CT molecular complexity index is 675. The molecule has 0 saturated carbocycles. The topological polar surface area (TPSA) is 68.7 Å². The number of halogens is 2. The molecule has 3 rings (SSSR count). The number of rotatable bonds is 5. The Kier molecular flexibility index (Phi) is 6.23. The normalized spacial score (nSPS) is 16.8. The lowest BCUT2D eigenvalue weighted by Gasteiger charge is -2.14. The highest BCUT2D eigenvalue weighted by molar-refractivity contribution is 5.91. The number of nitrogens with zero attached hydrogens (tertiary/aromatic N) is 1. The van der Waals surface area contributed by atoms with Gasteiger partial charge in [0.15, 0.2) is 5.76 Å². The zero-order chi connectivity index (χ0) is 16.2. The Morgan fingerprint density at radius 1 is 1.29 bits per heavy atom. The van der Waals surface area contributed by atoms with E-state index in [9.17, 15) is 9.18 Å². The van der Waals surface area contributed by atoms with Crippen LogP contribution in [0.5, 0.6) is 5.75 Å². The Hall–Kier alpha value is -2.05. The highest BCUT2D eigenvalue weighted by atomic mass is 35.5. The number of benzene rings is 1. The van der Waals surface area contributed by atoms with Gasteiger partial charge >= 0.3 is 0 Å². The predicted molar refractivity (Wildman–Crippen MR) is 89.8 cm³/mol. The Morgan fingerprint density at radius 3 is 2.71 bits per heavy atom. The van der Waals surface area contributed by atoms with Crippen LogP contribution in [0.4, 0.5) is 4.39 Å². The average molecular weight is 355 g/mol. The first-order chi connectivity index (χ1) is 11.2. The minimum atomic E-state index is -0.315. The Labute approximate surface area is 146 Å². The SMILES string of the molecule is Cl.NCC1CCN(C(=O)c2ccc(COc3ccc(F)cc3)o2)C1. The minimum Gasteiger partial charge on any atom is -0.486 e. The van der Waals surface area contributed by atoms with E-state index in [2.05, 4.69) is 0 Å². The first-order valence-electron chi connectivity index (χ1n) is 7.62. The third-order valence-corrected chi connectivity index (χ3v) is 3.97. The molecule has 1 aromatic heterocycles. The van der Waals surface area contributed by atoms with Crippen LogP contribution in [0.25, 0.3) is 0 Å². The molecule has 1 saturated heterocycles. The number of furan rings is 1. The molecule has 1 unspecified atom stereocenters. The molecule has 0 aliphatic carbocycles. The second kappa shape index (κ2) is 8.17. The van der Waals surface area contributed by atoms with Gasteiger partial charge in [0, 0.05) is 13.1 Å². The van der Waals surface area contributed by atoms with Gasteiger partial charge in [0.2, 0.25) is 0 Å². The van der Waals surface area contributed by atoms with Gasteiger partial charge in [-0.2, -0.15) is 0 Å². The van der Waals surface area contributed by atoms with Crippen molar-refractivity contribution in [1.82, 2.24) is 4.90 Å². The number of carbonyl (C=O) groups excluding carboxylic acids is 1. The average Bonchev–Trinajstić information content (AvgIpc) is 3.23. The van der Waals surface area contributed by atoms with E-state index in [4.69, 9.17) is 14.9 Å². The van der Waals surface area contributed by atoms with Crippen LogP contribution >= 0.6 is 12.4 Å². The summed E-state index contributed by atoms with van der Waals surface area (Å²) >= 11 is 0. The van der Waals surface area contributed by atoms with Gasteiger partial charge in [-0.1, -0.05) is 0 Å². The standard InChI is InChI=1S/C17H19FN2O3.ClH/c18-13-1-3-14(4-2-13)22-11-15-5-6-16(23-15)17(21)20-8-7-12(9-19)10-20;/h1-6,12H,7-11,19H2;1H. The van der Waals surface area contributed by atoms with E-state index in [1.807, 2.05) is 0 Å². The number of ether oxygens (including phenoxy) is 1. The number of nitrogens with two attached hydrogens (primary N) is 1. The number of amides is 1. The van der Waals surface area contributed by atoms with E-state index in [-0.39, 0.29) is 30.7 Å². The maximum absolute atomic E-state index is 12.8. The largest absolute Gasteiger partial charge is 0.486 e. The zero-order valence-corrected chi connectivity index (χ0v) is 13.9. The molecule has 130 valence electrons. The molecule has 0 spiro atoms. The summed E-state index contributed by atoms with van der Waals surface area (Å²) in [6.07, 6.45) is 0.934. The van der Waals surface area contributed by atoms with E-state index in [0.717, 1.165) is 6.42 Å². The summed E-state index contributed by atoms with van der Waals surface area (Å²) in [5.74, 6) is 1.34. The Morgan fingerprint density at radius 2 is 2.04 bits per heavy atom. The molecule has 1 aliphatic heterocycles. The fourth-order valence-corrected chi connectivity index (χ4v) is 2.62. The number of hydrogen-bond acceptors (Lipinski definition) is 4. The molecule has 7 heteroatoms. The van der Waals surface area contributed by atoms with Gasteiger partial charge in [-0.05, 0) is 55.3 Å². The number of likely N-dealkylation sites (tertiary alicyclic amines) is 1. The molecule has 1 amide bonds. The lowest BCUT2D eigenvalue weighted by Crippen LogP contribution is -2.29. The maximum Gasteiger partial charge on any atom is 0.289 e. The zero-order valence-electron chi connectivity index (χ0n) is 13.1. The third-order valence-electron chi connectivity index (χ3n) is 3.97. The molecule has 2 aromatic rings. The van der Waals surface area contributed by atoms with Gasteiger partial charge in [-0.3, -0.25) is 4.79 Å². The van der Waals surface area contributed by atoms with Crippen LogP contribution in [0.1, 0.15) is 22.7 Å². The molecule has 2 heterocycles. The van der Waals surface area contributed by atoms with Crippen LogP contribution in [0, 0.1) is 11.7 Å². The van der Waals surface area contributed by atoms with Crippen molar-refractivity contribution in [2.24, 2.45) is 11.7 Å². The van der Waals surface area contributed by atoms with Gasteiger partial charge in [0.1, 0.15) is 23.9 Å². The summed E-state index contributed by atoms with van der Waals surface area (Å²) in [7, 11) is 0. The fourth-order valence-electron chi connectivity index (χ4n) is 2.62. The van der Waals surface area contributed by atoms with Crippen molar-refractivity contribution >= 4 is 18.3 Å². The molecule has 2 N–H and O–H groups in total. The van der Waals surface area contributed by atoms with E-state index in [1.165, 1.54) is 12.1 Å². The van der Waals surface area contributed by atoms with Crippen molar-refractivity contribution in [2.75, 3.05) is 19.6 Å². The van der Waals surface area contributed by atoms with Crippen LogP contribution < -0.4 is 10.5 Å². The van der Waals surface area contributed by atoms with Crippen LogP contribution in [0.15, 0.2) is 40.8 Å². The van der Waals surface area contributed by atoms with Crippen molar-refractivity contribution in [2.45, 2.75) is 13.0 Å². The molecule has 1 atom stereocenters. The summed E-state index contributed by atoms with van der Waals surface area (Å²) < 4.78 is 23.9. The molecule has 1 aromatic carbocycles. The minimum absolute atomic E-state index is 0. The highest BCUT2D eigenvalue weighted by Gasteiger charge is 2.27. The molecule has 5 nitrogen and oxygen atoms in total. The van der Waals surface area contributed by atoms with E-state index >= 15 is 0 Å². The number of carbonyl (C=O) groups is 1. The molecule has 24 heavy (non-hydrogen) atoms. The van der Waals surface area contributed by atoms with Crippen LogP contribution in [-0.4, -0.2) is 30.4 Å². The van der Waals surface area contributed by atoms with E-state index in [1.54, 1.807) is 29.2 Å². The molecule has 0 radical (unpaired) electrons. The molecule has 1 aliphatic rings. The fraction of sp³-hybridized carbons (Fsp3) is 0.353. The molecular weight excluding hydrogens is 335 g/mol. The molecule has 0 bridgehead atoms. The van der Waals surface area contributed by atoms with Crippen LogP contribution in [-0.2, 0) is 6.61 Å². The Balaban J connectivity index is 0.00000208. The molecular formula is C17H20ClFN2O3. The summed E-state index contributed by atoms with van der Waals surface area (Å²) in [5, 5.41) is 0. The maximum atomic E-state index is 12.8.